The van der Waals surface area contributed by atoms with Crippen molar-refractivity contribution < 1.29 is 31.8 Å². The Bertz CT molecular complexity index is 1990. The maximum absolute atomic E-state index is 14.6. The number of ether oxygens (including phenoxy) is 4. The van der Waals surface area contributed by atoms with Gasteiger partial charge in [-0.1, -0.05) is 127 Å². The van der Waals surface area contributed by atoms with Gasteiger partial charge < -0.3 is 23.4 Å². The van der Waals surface area contributed by atoms with Crippen molar-refractivity contribution in [3.63, 3.8) is 0 Å². The topological polar surface area (TPSA) is 93.2 Å². The fraction of sp³-hybridized carbons (Fsp3) is 0.262. The average Bonchev–Trinajstić information content (AvgIpc) is 3.18. The highest BCUT2D eigenvalue weighted by molar-refractivity contribution is 7.91. The standard InChI is InChI=1S/C42H43NO7SSi/c1-52(2,28-26-33-17-7-3-8-18-33)50-41-40(48-31-36-23-13-6-14-24-36)39(47-30-35-21-11-5-12-22-35)37(32-46-29-34-19-9-4-10-20-34)49-42(41)51(44,45)38-25-15-16-27-43-38/h3-25,27,37,39-42H,29-32H2,1-2H3/t37-,39-,40+,41-,42+/m1/s1. The molecular formula is C42H43NO7SSi. The minimum Gasteiger partial charge on any atom is -0.396 e. The molecule has 5 aromatic rings. The Morgan fingerprint density at radius 3 is 1.73 bits per heavy atom. The van der Waals surface area contributed by atoms with Gasteiger partial charge in [-0.2, -0.15) is 0 Å². The highest BCUT2D eigenvalue weighted by atomic mass is 32.2. The van der Waals surface area contributed by atoms with Gasteiger partial charge in [0.1, 0.15) is 24.4 Å². The van der Waals surface area contributed by atoms with Gasteiger partial charge in [0.15, 0.2) is 10.5 Å². The van der Waals surface area contributed by atoms with E-state index < -0.39 is 48.0 Å². The lowest BCUT2D eigenvalue weighted by molar-refractivity contribution is -0.240. The van der Waals surface area contributed by atoms with Crippen molar-refractivity contribution in [2.45, 2.75) is 67.8 Å². The molecule has 8 nitrogen and oxygen atoms in total. The smallest absolute Gasteiger partial charge is 0.267 e. The summed E-state index contributed by atoms with van der Waals surface area (Å²) in [7, 11) is -7.19. The van der Waals surface area contributed by atoms with E-state index >= 15 is 0 Å². The first kappa shape index (κ1) is 37.3. The zero-order valence-electron chi connectivity index (χ0n) is 29.3. The summed E-state index contributed by atoms with van der Waals surface area (Å²) in [5.41, 5.74) is 5.50. The predicted octanol–water partition coefficient (Wildman–Crippen LogP) is 7.15. The van der Waals surface area contributed by atoms with Crippen LogP contribution in [0.4, 0.5) is 0 Å². The summed E-state index contributed by atoms with van der Waals surface area (Å²) in [6, 6.07) is 43.7. The van der Waals surface area contributed by atoms with E-state index in [1.54, 1.807) is 12.1 Å². The molecule has 2 heterocycles. The second-order valence-electron chi connectivity index (χ2n) is 13.0. The summed E-state index contributed by atoms with van der Waals surface area (Å²) < 4.78 is 62.4. The van der Waals surface area contributed by atoms with E-state index in [1.165, 1.54) is 12.3 Å². The number of rotatable bonds is 14. The van der Waals surface area contributed by atoms with Crippen LogP contribution in [0.15, 0.2) is 151 Å². The van der Waals surface area contributed by atoms with Crippen LogP contribution in [0.1, 0.15) is 22.3 Å². The lowest BCUT2D eigenvalue weighted by atomic mass is 9.99. The van der Waals surface area contributed by atoms with Crippen molar-refractivity contribution in [3.05, 3.63) is 168 Å². The lowest BCUT2D eigenvalue weighted by Gasteiger charge is -2.47. The van der Waals surface area contributed by atoms with Crippen LogP contribution in [0.3, 0.4) is 0 Å². The van der Waals surface area contributed by atoms with Gasteiger partial charge in [-0.15, -0.1) is 0 Å². The highest BCUT2D eigenvalue weighted by Crippen LogP contribution is 2.36. The fourth-order valence-electron chi connectivity index (χ4n) is 5.93. The molecule has 1 aromatic heterocycles. The Morgan fingerprint density at radius 2 is 1.17 bits per heavy atom. The van der Waals surface area contributed by atoms with Gasteiger partial charge in [0.2, 0.25) is 9.84 Å². The van der Waals surface area contributed by atoms with Crippen LogP contribution in [0.25, 0.3) is 0 Å². The molecule has 268 valence electrons. The summed E-state index contributed by atoms with van der Waals surface area (Å²) in [6.07, 6.45) is -2.22. The number of hydrogen-bond donors (Lipinski definition) is 0. The first-order valence-corrected chi connectivity index (χ1v) is 21.7. The monoisotopic (exact) mass is 733 g/mol. The van der Waals surface area contributed by atoms with Gasteiger partial charge >= 0.3 is 0 Å². The molecule has 1 fully saturated rings. The Hall–Kier alpha value is -4.44. The molecule has 4 aromatic carbocycles. The largest absolute Gasteiger partial charge is 0.396 e. The molecule has 0 saturated carbocycles. The van der Waals surface area contributed by atoms with Gasteiger partial charge in [-0.25, -0.2) is 13.4 Å². The molecule has 1 aliphatic rings. The number of aromatic nitrogens is 1. The second-order valence-corrected chi connectivity index (χ2v) is 18.5. The van der Waals surface area contributed by atoms with Crippen molar-refractivity contribution in [1.29, 1.82) is 0 Å². The van der Waals surface area contributed by atoms with Crippen LogP contribution in [0, 0.1) is 11.5 Å². The van der Waals surface area contributed by atoms with Crippen LogP contribution >= 0.6 is 0 Å². The highest BCUT2D eigenvalue weighted by Gasteiger charge is 2.55. The van der Waals surface area contributed by atoms with Gasteiger partial charge in [0.05, 0.1) is 26.4 Å². The number of benzene rings is 4. The van der Waals surface area contributed by atoms with Crippen molar-refractivity contribution >= 4 is 18.2 Å². The first-order valence-electron chi connectivity index (χ1n) is 17.3. The minimum atomic E-state index is -4.24. The molecule has 0 spiro atoms. The van der Waals surface area contributed by atoms with E-state index in [4.69, 9.17) is 23.4 Å². The van der Waals surface area contributed by atoms with E-state index in [0.29, 0.717) is 6.61 Å². The zero-order chi connectivity index (χ0) is 36.2. The molecule has 5 atom stereocenters. The predicted molar refractivity (Wildman–Crippen MR) is 202 cm³/mol. The maximum atomic E-state index is 14.6. The van der Waals surface area contributed by atoms with Crippen molar-refractivity contribution in [3.8, 4) is 11.5 Å². The molecule has 10 heteroatoms. The van der Waals surface area contributed by atoms with Crippen LogP contribution in [0.2, 0.25) is 13.1 Å². The molecule has 1 aliphatic heterocycles. The third-order valence-electron chi connectivity index (χ3n) is 8.50. The zero-order valence-corrected chi connectivity index (χ0v) is 31.1. The summed E-state index contributed by atoms with van der Waals surface area (Å²) >= 11 is 0. The van der Waals surface area contributed by atoms with Gasteiger partial charge in [-0.05, 0) is 54.0 Å². The summed E-state index contributed by atoms with van der Waals surface area (Å²) in [6.45, 7) is 4.63. The Kier molecular flexibility index (Phi) is 12.8. The third kappa shape index (κ3) is 10.1. The summed E-state index contributed by atoms with van der Waals surface area (Å²) in [4.78, 5) is 4.23. The van der Waals surface area contributed by atoms with Crippen LogP contribution < -0.4 is 0 Å². The molecule has 6 rings (SSSR count). The number of sulfone groups is 1. The normalized spacial score (nSPS) is 20.5. The average molecular weight is 734 g/mol. The van der Waals surface area contributed by atoms with Gasteiger partial charge in [-0.3, -0.25) is 0 Å². The molecule has 0 N–H and O–H groups in total. The minimum absolute atomic E-state index is 0.0368. The molecule has 1 saturated heterocycles. The van der Waals surface area contributed by atoms with E-state index in [2.05, 4.69) is 16.4 Å². The Balaban J connectivity index is 1.41. The maximum Gasteiger partial charge on any atom is 0.267 e. The van der Waals surface area contributed by atoms with E-state index in [0.717, 1.165) is 22.3 Å². The Morgan fingerprint density at radius 1 is 0.654 bits per heavy atom. The van der Waals surface area contributed by atoms with Gasteiger partial charge in [0.25, 0.3) is 8.32 Å². The quantitative estimate of drug-likeness (QED) is 0.0879. The van der Waals surface area contributed by atoms with Crippen LogP contribution in [0.5, 0.6) is 0 Å². The van der Waals surface area contributed by atoms with Crippen molar-refractivity contribution in [1.82, 2.24) is 4.98 Å². The van der Waals surface area contributed by atoms with E-state index in [-0.39, 0.29) is 24.8 Å². The summed E-state index contributed by atoms with van der Waals surface area (Å²) in [5.74, 6) is 3.23. The molecular weight excluding hydrogens is 691 g/mol. The van der Waals surface area contributed by atoms with Crippen molar-refractivity contribution in [2.24, 2.45) is 0 Å². The molecule has 0 bridgehead atoms. The molecule has 0 radical (unpaired) electrons. The number of hydrogen-bond acceptors (Lipinski definition) is 8. The molecule has 52 heavy (non-hydrogen) atoms. The summed E-state index contributed by atoms with van der Waals surface area (Å²) in [5, 5.41) is -0.127. The fourth-order valence-corrected chi connectivity index (χ4v) is 9.04. The van der Waals surface area contributed by atoms with Crippen LogP contribution in [-0.4, -0.2) is 58.2 Å². The third-order valence-corrected chi connectivity index (χ3v) is 11.9. The van der Waals surface area contributed by atoms with E-state index in [9.17, 15) is 8.42 Å². The van der Waals surface area contributed by atoms with Crippen LogP contribution in [-0.2, 0) is 53.0 Å². The first-order chi connectivity index (χ1) is 25.3. The molecule has 0 aliphatic carbocycles. The number of pyridine rings is 1. The molecule has 0 amide bonds. The van der Waals surface area contributed by atoms with Gasteiger partial charge in [0, 0.05) is 11.8 Å². The SMILES string of the molecule is C[Si](C)(C#Cc1ccccc1)O[C@@H]1[C@@H](OCc2ccccc2)[C@H](OCc2ccccc2)[C@@H](COCc2ccccc2)O[C@H]1S(=O)(=O)c1ccccn1. The second kappa shape index (κ2) is 17.9. The Labute approximate surface area is 307 Å². The lowest BCUT2D eigenvalue weighted by Crippen LogP contribution is -2.64. The van der Waals surface area contributed by atoms with Crippen molar-refractivity contribution in [2.75, 3.05) is 6.61 Å². The number of nitrogens with zero attached hydrogens (tertiary/aromatic N) is 1. The molecule has 0 unspecified atom stereocenters. The van der Waals surface area contributed by atoms with E-state index in [1.807, 2.05) is 134 Å².